The average Bonchev–Trinajstić information content (AvgIpc) is 2.25. The second-order valence-corrected chi connectivity index (χ2v) is 3.31. The van der Waals surface area contributed by atoms with E-state index in [1.54, 1.807) is 0 Å². The molecule has 7 nitrogen and oxygen atoms in total. The highest BCUT2D eigenvalue weighted by molar-refractivity contribution is 5.62. The zero-order chi connectivity index (χ0) is 11.1. The molecule has 84 valence electrons. The van der Waals surface area contributed by atoms with Gasteiger partial charge < -0.3 is 19.5 Å². The maximum atomic E-state index is 10.6. The number of nitrogens with one attached hydrogen (secondary N) is 1. The largest absolute Gasteiger partial charge is 0.530 e. The van der Waals surface area contributed by atoms with Crippen molar-refractivity contribution in [3.8, 4) is 0 Å². The summed E-state index contributed by atoms with van der Waals surface area (Å²) in [7, 11) is 0. The number of hydrogen-bond acceptors (Lipinski definition) is 5. The summed E-state index contributed by atoms with van der Waals surface area (Å²) in [5, 5.41) is 14.1. The van der Waals surface area contributed by atoms with Crippen molar-refractivity contribution < 1.29 is 14.6 Å². The van der Waals surface area contributed by atoms with Crippen molar-refractivity contribution >= 4 is 6.09 Å². The molecule has 0 spiro atoms. The predicted octanol–water partition coefficient (Wildman–Crippen LogP) is -0.639. The van der Waals surface area contributed by atoms with E-state index < -0.39 is 6.09 Å². The second kappa shape index (κ2) is 6.10. The van der Waals surface area contributed by atoms with Gasteiger partial charge in [0.1, 0.15) is 23.3 Å². The Morgan fingerprint density at radius 3 is 3.20 bits per heavy atom. The molecule has 0 aromatic carbocycles. The van der Waals surface area contributed by atoms with E-state index in [2.05, 4.69) is 10.0 Å². The van der Waals surface area contributed by atoms with Crippen LogP contribution < -0.4 is 10.0 Å². The van der Waals surface area contributed by atoms with Gasteiger partial charge in [-0.1, -0.05) is 0 Å². The normalized spacial score (nSPS) is 20.8. The van der Waals surface area contributed by atoms with Gasteiger partial charge in [0, 0.05) is 13.1 Å². The molecule has 15 heavy (non-hydrogen) atoms. The van der Waals surface area contributed by atoms with Crippen LogP contribution >= 0.6 is 0 Å². The van der Waals surface area contributed by atoms with Crippen molar-refractivity contribution in [1.29, 1.82) is 5.53 Å². The van der Waals surface area contributed by atoms with Gasteiger partial charge in [-0.2, -0.15) is 0 Å². The van der Waals surface area contributed by atoms with Gasteiger partial charge >= 0.3 is 0 Å². The zero-order valence-corrected chi connectivity index (χ0v) is 8.39. The summed E-state index contributed by atoms with van der Waals surface area (Å²) in [6.45, 7) is 1.64. The van der Waals surface area contributed by atoms with Crippen molar-refractivity contribution in [1.82, 2.24) is 9.81 Å². The van der Waals surface area contributed by atoms with Crippen LogP contribution in [0.2, 0.25) is 0 Å². The van der Waals surface area contributed by atoms with Crippen LogP contribution in [0.1, 0.15) is 12.8 Å². The van der Waals surface area contributed by atoms with Crippen LogP contribution in [-0.4, -0.2) is 43.3 Å². The Morgan fingerprint density at radius 1 is 1.73 bits per heavy atom. The van der Waals surface area contributed by atoms with Crippen LogP contribution in [0.15, 0.2) is 5.11 Å². The Kier molecular flexibility index (Phi) is 4.73. The summed E-state index contributed by atoms with van der Waals surface area (Å²) >= 11 is 0. The van der Waals surface area contributed by atoms with Gasteiger partial charge in [-0.05, 0) is 12.8 Å². The highest BCUT2D eigenvalue weighted by atomic mass is 16.5. The number of morpholine rings is 1. The van der Waals surface area contributed by atoms with Crippen LogP contribution in [0.25, 0.3) is 0 Å². The highest BCUT2D eigenvalue weighted by Gasteiger charge is 2.19. The molecule has 0 radical (unpaired) electrons. The fourth-order valence-corrected chi connectivity index (χ4v) is 1.50. The quantitative estimate of drug-likeness (QED) is 0.382. The third kappa shape index (κ3) is 4.05. The summed E-state index contributed by atoms with van der Waals surface area (Å²) in [6.07, 6.45) is 0.239. The number of ether oxygens (including phenoxy) is 1. The van der Waals surface area contributed by atoms with Crippen LogP contribution in [0.5, 0.6) is 0 Å². The van der Waals surface area contributed by atoms with Crippen LogP contribution in [-0.2, 0) is 4.74 Å². The maximum Gasteiger partial charge on any atom is 0.214 e. The van der Waals surface area contributed by atoms with E-state index in [9.17, 15) is 9.90 Å². The summed E-state index contributed by atoms with van der Waals surface area (Å²) in [5.41, 5.74) is 6.45. The van der Waals surface area contributed by atoms with Gasteiger partial charge in [0.05, 0.1) is 12.7 Å². The molecule has 0 bridgehead atoms. The minimum Gasteiger partial charge on any atom is -0.530 e. The molecule has 1 saturated heterocycles. The lowest BCUT2D eigenvalue weighted by Crippen LogP contribution is -2.50. The predicted molar refractivity (Wildman–Crippen MR) is 48.1 cm³/mol. The Morgan fingerprint density at radius 2 is 2.53 bits per heavy atom. The Labute approximate surface area is 87.3 Å². The SMILES string of the molecule is N=[N+]=NCCCC1CN(C(=O)[O-])CCO1. The lowest BCUT2D eigenvalue weighted by Gasteiger charge is -2.34. The molecule has 1 rings (SSSR count). The number of rotatable bonds is 4. The Balaban J connectivity index is 2.24. The number of carbonyl (C=O) groups is 1. The first-order valence-corrected chi connectivity index (χ1v) is 4.85. The standard InChI is InChI=1S/C8H14N4O3/c9-11-10-3-1-2-7-6-12(8(13)14)4-5-15-7/h7,9H,1-6H2. The van der Waals surface area contributed by atoms with E-state index in [4.69, 9.17) is 10.3 Å². The smallest absolute Gasteiger partial charge is 0.214 e. The number of hydrogen-bond donors (Lipinski definition) is 1. The Bertz CT molecular complexity index is 265. The molecule has 1 aliphatic rings. The molecule has 0 aromatic rings. The van der Waals surface area contributed by atoms with Gasteiger partial charge in [0.2, 0.25) is 4.91 Å². The topological polar surface area (TPSA) is 103 Å². The lowest BCUT2D eigenvalue weighted by molar-refractivity contribution is -0.270. The fraction of sp³-hybridized carbons (Fsp3) is 0.875. The number of carbonyl (C=O) groups excluding carboxylic acids is 1. The monoisotopic (exact) mass is 214 g/mol. The van der Waals surface area contributed by atoms with Crippen molar-refractivity contribution in [3.05, 3.63) is 0 Å². The van der Waals surface area contributed by atoms with Gasteiger partial charge in [0.15, 0.2) is 0 Å². The molecule has 7 heteroatoms. The van der Waals surface area contributed by atoms with E-state index in [0.717, 1.165) is 12.8 Å². The highest BCUT2D eigenvalue weighted by Crippen LogP contribution is 2.10. The number of carboxylic acid groups (broad SMARTS) is 1. The van der Waals surface area contributed by atoms with E-state index in [-0.39, 0.29) is 6.10 Å². The molecule has 0 aromatic heterocycles. The van der Waals surface area contributed by atoms with Gasteiger partial charge in [-0.25, -0.2) is 0 Å². The molecule has 1 heterocycles. The molecule has 1 atom stereocenters. The second-order valence-electron chi connectivity index (χ2n) is 3.31. The van der Waals surface area contributed by atoms with Crippen molar-refractivity contribution in [2.75, 3.05) is 26.2 Å². The molecule has 1 fully saturated rings. The third-order valence-electron chi connectivity index (χ3n) is 2.25. The van der Waals surface area contributed by atoms with Crippen LogP contribution in [0.3, 0.4) is 0 Å². The van der Waals surface area contributed by atoms with Gasteiger partial charge in [-0.15, -0.1) is 0 Å². The van der Waals surface area contributed by atoms with E-state index in [0.29, 0.717) is 26.2 Å². The first-order chi connectivity index (χ1) is 7.24. The van der Waals surface area contributed by atoms with Crippen molar-refractivity contribution in [2.24, 2.45) is 5.11 Å². The van der Waals surface area contributed by atoms with E-state index >= 15 is 0 Å². The molecular formula is C8H14N4O3. The molecule has 1 N–H and O–H groups in total. The number of nitrogens with zero attached hydrogens (tertiary/aromatic N) is 3. The average molecular weight is 214 g/mol. The van der Waals surface area contributed by atoms with Crippen molar-refractivity contribution in [3.63, 3.8) is 0 Å². The zero-order valence-electron chi connectivity index (χ0n) is 8.39. The Hall–Kier alpha value is -1.46. The van der Waals surface area contributed by atoms with E-state index in [1.165, 1.54) is 4.90 Å². The van der Waals surface area contributed by atoms with Crippen LogP contribution in [0.4, 0.5) is 4.79 Å². The molecular weight excluding hydrogens is 200 g/mol. The summed E-state index contributed by atoms with van der Waals surface area (Å²) in [5.74, 6) is 0. The lowest BCUT2D eigenvalue weighted by atomic mass is 10.1. The van der Waals surface area contributed by atoms with Gasteiger partial charge in [0.25, 0.3) is 0 Å². The van der Waals surface area contributed by atoms with Crippen LogP contribution in [0, 0.1) is 5.53 Å². The maximum absolute atomic E-state index is 10.6. The molecule has 1 amide bonds. The van der Waals surface area contributed by atoms with E-state index in [1.807, 2.05) is 0 Å². The summed E-state index contributed by atoms with van der Waals surface area (Å²) in [4.78, 5) is 14.7. The molecule has 1 aliphatic heterocycles. The third-order valence-corrected chi connectivity index (χ3v) is 2.25. The fourth-order valence-electron chi connectivity index (χ4n) is 1.50. The minimum atomic E-state index is -1.14. The first kappa shape index (κ1) is 11.6. The molecule has 1 unspecified atom stereocenters. The minimum absolute atomic E-state index is 0.0856. The van der Waals surface area contributed by atoms with Crippen molar-refractivity contribution in [2.45, 2.75) is 18.9 Å². The summed E-state index contributed by atoms with van der Waals surface area (Å²) in [6, 6.07) is 0. The molecule has 0 saturated carbocycles. The number of amides is 1. The summed E-state index contributed by atoms with van der Waals surface area (Å²) < 4.78 is 5.39. The first-order valence-electron chi connectivity index (χ1n) is 4.85. The molecule has 0 aliphatic carbocycles. The van der Waals surface area contributed by atoms with Gasteiger partial charge in [-0.3, -0.25) is 0 Å².